The Morgan fingerprint density at radius 2 is 1.75 bits per heavy atom. The second kappa shape index (κ2) is 8.42. The maximum Gasteiger partial charge on any atom is 0.329 e. The van der Waals surface area contributed by atoms with Gasteiger partial charge in [0.25, 0.3) is 0 Å². The molecule has 7 nitrogen and oxygen atoms in total. The van der Waals surface area contributed by atoms with Crippen molar-refractivity contribution < 1.29 is 14.3 Å². The molecule has 0 aliphatic heterocycles. The number of amides is 2. The molecule has 124 valence electrons. The summed E-state index contributed by atoms with van der Waals surface area (Å²) in [6, 6.07) is 10.2. The minimum atomic E-state index is -0.850. The Hall–Kier alpha value is -3.22. The zero-order valence-electron chi connectivity index (χ0n) is 13.4. The summed E-state index contributed by atoms with van der Waals surface area (Å²) in [7, 11) is 0. The largest absolute Gasteiger partial charge is 0.494 e. The summed E-state index contributed by atoms with van der Waals surface area (Å²) >= 11 is 0. The highest BCUT2D eigenvalue weighted by molar-refractivity contribution is 6.39. The first kappa shape index (κ1) is 17.1. The predicted octanol–water partition coefficient (Wildman–Crippen LogP) is 1.96. The zero-order valence-corrected chi connectivity index (χ0v) is 13.4. The van der Waals surface area contributed by atoms with E-state index in [2.05, 4.69) is 20.8 Å². The predicted molar refractivity (Wildman–Crippen MR) is 90.8 cm³/mol. The molecule has 0 atom stereocenters. The van der Waals surface area contributed by atoms with Crippen LogP contribution in [0.2, 0.25) is 0 Å². The van der Waals surface area contributed by atoms with Crippen molar-refractivity contribution in [2.75, 3.05) is 11.9 Å². The molecule has 0 aliphatic carbocycles. The van der Waals surface area contributed by atoms with Crippen LogP contribution in [0.25, 0.3) is 0 Å². The second-order valence-electron chi connectivity index (χ2n) is 4.79. The number of hydrogen-bond donors (Lipinski definition) is 2. The summed E-state index contributed by atoms with van der Waals surface area (Å²) in [6.07, 6.45) is 3.24. The van der Waals surface area contributed by atoms with E-state index in [0.29, 0.717) is 23.8 Å². The van der Waals surface area contributed by atoms with E-state index in [1.54, 1.807) is 55.7 Å². The fourth-order valence-electron chi connectivity index (χ4n) is 1.83. The number of anilines is 1. The minimum absolute atomic E-state index is 0.494. The number of hydrogen-bond acceptors (Lipinski definition) is 5. The molecule has 0 saturated carbocycles. The number of rotatable bonds is 5. The van der Waals surface area contributed by atoms with E-state index < -0.39 is 11.8 Å². The van der Waals surface area contributed by atoms with Gasteiger partial charge in [0.1, 0.15) is 5.75 Å². The highest BCUT2D eigenvalue weighted by Crippen LogP contribution is 2.15. The van der Waals surface area contributed by atoms with Crippen LogP contribution in [0.4, 0.5) is 5.69 Å². The third kappa shape index (κ3) is 4.91. The fraction of sp³-hybridized carbons (Fsp3) is 0.176. The first-order chi connectivity index (χ1) is 11.6. The van der Waals surface area contributed by atoms with Gasteiger partial charge in [-0.3, -0.25) is 14.6 Å². The summed E-state index contributed by atoms with van der Waals surface area (Å²) in [4.78, 5) is 27.5. The number of aromatic nitrogens is 1. The number of nitrogens with zero attached hydrogens (tertiary/aromatic N) is 2. The van der Waals surface area contributed by atoms with Crippen LogP contribution in [-0.4, -0.2) is 29.1 Å². The van der Waals surface area contributed by atoms with Crippen LogP contribution in [-0.2, 0) is 9.59 Å². The molecule has 1 heterocycles. The van der Waals surface area contributed by atoms with Gasteiger partial charge in [-0.1, -0.05) is 0 Å². The van der Waals surface area contributed by atoms with Gasteiger partial charge in [-0.05, 0) is 50.2 Å². The third-order valence-corrected chi connectivity index (χ3v) is 3.05. The molecule has 24 heavy (non-hydrogen) atoms. The molecule has 2 rings (SSSR count). The number of hydrazone groups is 1. The highest BCUT2D eigenvalue weighted by Gasteiger charge is 2.13. The SMILES string of the molecule is CCOc1ccc(NC(=O)C(=O)NN=C(C)c2ccncc2)cc1. The highest BCUT2D eigenvalue weighted by atomic mass is 16.5. The van der Waals surface area contributed by atoms with Crippen LogP contribution in [0.5, 0.6) is 5.75 Å². The van der Waals surface area contributed by atoms with Crippen molar-refractivity contribution in [3.63, 3.8) is 0 Å². The Morgan fingerprint density at radius 1 is 1.08 bits per heavy atom. The standard InChI is InChI=1S/C17H18N4O3/c1-3-24-15-6-4-14(5-7-15)19-16(22)17(23)21-20-12(2)13-8-10-18-11-9-13/h4-11H,3H2,1-2H3,(H,19,22)(H,21,23). The van der Waals surface area contributed by atoms with Crippen molar-refractivity contribution in [2.45, 2.75) is 13.8 Å². The molecule has 2 amide bonds. The van der Waals surface area contributed by atoms with Gasteiger partial charge in [0, 0.05) is 23.6 Å². The summed E-state index contributed by atoms with van der Waals surface area (Å²) in [5, 5.41) is 6.39. The molecule has 2 N–H and O–H groups in total. The van der Waals surface area contributed by atoms with Crippen LogP contribution in [0.1, 0.15) is 19.4 Å². The van der Waals surface area contributed by atoms with E-state index in [4.69, 9.17) is 4.74 Å². The van der Waals surface area contributed by atoms with Crippen molar-refractivity contribution in [1.29, 1.82) is 0 Å². The quantitative estimate of drug-likeness (QED) is 0.499. The molecule has 0 spiro atoms. The summed E-state index contributed by atoms with van der Waals surface area (Å²) in [6.45, 7) is 4.16. The Labute approximate surface area is 139 Å². The number of nitrogens with one attached hydrogen (secondary N) is 2. The Kier molecular flexibility index (Phi) is 6.01. The number of benzene rings is 1. The topological polar surface area (TPSA) is 92.7 Å². The first-order valence-electron chi connectivity index (χ1n) is 7.39. The van der Waals surface area contributed by atoms with Crippen LogP contribution in [0.3, 0.4) is 0 Å². The van der Waals surface area contributed by atoms with Gasteiger partial charge < -0.3 is 10.1 Å². The lowest BCUT2D eigenvalue weighted by Crippen LogP contribution is -2.32. The zero-order chi connectivity index (χ0) is 17.4. The Bertz CT molecular complexity index is 727. The molecular weight excluding hydrogens is 308 g/mol. The van der Waals surface area contributed by atoms with Gasteiger partial charge >= 0.3 is 11.8 Å². The number of ether oxygens (including phenoxy) is 1. The molecule has 0 bridgehead atoms. The normalized spacial score (nSPS) is 10.8. The van der Waals surface area contributed by atoms with Crippen molar-refractivity contribution in [1.82, 2.24) is 10.4 Å². The van der Waals surface area contributed by atoms with Crippen LogP contribution in [0.15, 0.2) is 53.9 Å². The molecule has 1 aromatic carbocycles. The number of carbonyl (C=O) groups excluding carboxylic acids is 2. The van der Waals surface area contributed by atoms with Crippen molar-refractivity contribution in [3.05, 3.63) is 54.4 Å². The van der Waals surface area contributed by atoms with Crippen LogP contribution < -0.4 is 15.5 Å². The van der Waals surface area contributed by atoms with Gasteiger partial charge in [-0.15, -0.1) is 0 Å². The molecule has 0 unspecified atom stereocenters. The van der Waals surface area contributed by atoms with E-state index >= 15 is 0 Å². The van der Waals surface area contributed by atoms with E-state index in [1.807, 2.05) is 6.92 Å². The maximum atomic E-state index is 11.8. The van der Waals surface area contributed by atoms with Gasteiger partial charge in [0.15, 0.2) is 0 Å². The summed E-state index contributed by atoms with van der Waals surface area (Å²) in [5.74, 6) is -0.958. The van der Waals surface area contributed by atoms with Gasteiger partial charge in [-0.2, -0.15) is 5.10 Å². The second-order valence-corrected chi connectivity index (χ2v) is 4.79. The smallest absolute Gasteiger partial charge is 0.329 e. The van der Waals surface area contributed by atoms with Crippen molar-refractivity contribution in [2.24, 2.45) is 5.10 Å². The molecule has 0 radical (unpaired) electrons. The van der Waals surface area contributed by atoms with Gasteiger partial charge in [0.2, 0.25) is 0 Å². The van der Waals surface area contributed by atoms with Crippen molar-refractivity contribution in [3.8, 4) is 5.75 Å². The molecule has 7 heteroatoms. The van der Waals surface area contributed by atoms with E-state index in [0.717, 1.165) is 5.56 Å². The van der Waals surface area contributed by atoms with E-state index in [9.17, 15) is 9.59 Å². The third-order valence-electron chi connectivity index (χ3n) is 3.05. The average molecular weight is 326 g/mol. The molecule has 0 aliphatic rings. The van der Waals surface area contributed by atoms with E-state index in [1.165, 1.54) is 0 Å². The monoisotopic (exact) mass is 326 g/mol. The maximum absolute atomic E-state index is 11.8. The number of carbonyl (C=O) groups is 2. The lowest BCUT2D eigenvalue weighted by Gasteiger charge is -2.06. The van der Waals surface area contributed by atoms with Gasteiger partial charge in [0.05, 0.1) is 12.3 Å². The lowest BCUT2D eigenvalue weighted by molar-refractivity contribution is -0.136. The number of pyridine rings is 1. The van der Waals surface area contributed by atoms with Gasteiger partial charge in [-0.25, -0.2) is 5.43 Å². The van der Waals surface area contributed by atoms with E-state index in [-0.39, 0.29) is 0 Å². The molecule has 1 aromatic heterocycles. The molecule has 0 saturated heterocycles. The minimum Gasteiger partial charge on any atom is -0.494 e. The average Bonchev–Trinajstić information content (AvgIpc) is 2.62. The van der Waals surface area contributed by atoms with Crippen molar-refractivity contribution >= 4 is 23.2 Å². The summed E-state index contributed by atoms with van der Waals surface area (Å²) in [5.41, 5.74) is 4.09. The summed E-state index contributed by atoms with van der Waals surface area (Å²) < 4.78 is 5.31. The lowest BCUT2D eigenvalue weighted by atomic mass is 10.2. The Balaban J connectivity index is 1.91. The Morgan fingerprint density at radius 3 is 2.38 bits per heavy atom. The molecular formula is C17H18N4O3. The van der Waals surface area contributed by atoms with Crippen LogP contribution >= 0.6 is 0 Å². The van der Waals surface area contributed by atoms with Crippen LogP contribution in [0, 0.1) is 0 Å². The fourth-order valence-corrected chi connectivity index (χ4v) is 1.83. The molecule has 0 fully saturated rings. The first-order valence-corrected chi connectivity index (χ1v) is 7.39. The molecule has 2 aromatic rings.